The Labute approximate surface area is 95.4 Å². The van der Waals surface area contributed by atoms with E-state index < -0.39 is 0 Å². The molecule has 1 nitrogen and oxygen atoms in total. The van der Waals surface area contributed by atoms with Crippen LogP contribution in [0.5, 0.6) is 0 Å². The van der Waals surface area contributed by atoms with Gasteiger partial charge in [-0.25, -0.2) is 0 Å². The molecule has 0 aromatic carbocycles. The van der Waals surface area contributed by atoms with Crippen LogP contribution in [-0.2, 0) is 0 Å². The lowest BCUT2D eigenvalue weighted by Gasteiger charge is -2.48. The molecule has 0 atom stereocenters. The molecule has 15 heavy (non-hydrogen) atoms. The first kappa shape index (κ1) is 11.4. The molecule has 0 aromatic rings. The van der Waals surface area contributed by atoms with Gasteiger partial charge < -0.3 is 4.48 Å². The van der Waals surface area contributed by atoms with Crippen LogP contribution in [0.4, 0.5) is 0 Å². The predicted octanol–water partition coefficient (Wildman–Crippen LogP) is 3.59. The zero-order valence-electron chi connectivity index (χ0n) is 10.7. The van der Waals surface area contributed by atoms with E-state index in [0.29, 0.717) is 0 Å². The lowest BCUT2D eigenvalue weighted by molar-refractivity contribution is -0.955. The van der Waals surface area contributed by atoms with Gasteiger partial charge in [0.1, 0.15) is 0 Å². The smallest absolute Gasteiger partial charge is 0.0890 e. The molecule has 0 bridgehead atoms. The van der Waals surface area contributed by atoms with Gasteiger partial charge in [0.2, 0.25) is 0 Å². The predicted molar refractivity (Wildman–Crippen MR) is 65.8 cm³/mol. The second kappa shape index (κ2) is 4.86. The molecule has 1 saturated carbocycles. The molecule has 1 saturated heterocycles. The molecule has 88 valence electrons. The highest BCUT2D eigenvalue weighted by Gasteiger charge is 2.38. The SMILES string of the molecule is CC[N+]1(C2CCC(C)CC2)CCCCC1. The number of nitrogens with zero attached hydrogens (tertiary/aromatic N) is 1. The van der Waals surface area contributed by atoms with Gasteiger partial charge in [0.25, 0.3) is 0 Å². The van der Waals surface area contributed by atoms with E-state index in [1.165, 1.54) is 69.1 Å². The van der Waals surface area contributed by atoms with Crippen LogP contribution in [0.25, 0.3) is 0 Å². The zero-order valence-corrected chi connectivity index (χ0v) is 10.7. The molecule has 0 amide bonds. The maximum Gasteiger partial charge on any atom is 0.0890 e. The van der Waals surface area contributed by atoms with Crippen LogP contribution in [0.15, 0.2) is 0 Å². The summed E-state index contributed by atoms with van der Waals surface area (Å²) in [7, 11) is 0. The lowest BCUT2D eigenvalue weighted by atomic mass is 9.84. The van der Waals surface area contributed by atoms with E-state index in [0.717, 1.165) is 12.0 Å². The molecule has 0 N–H and O–H groups in total. The third-order valence-electron chi connectivity index (χ3n) is 5.10. The summed E-state index contributed by atoms with van der Waals surface area (Å²) in [4.78, 5) is 0. The van der Waals surface area contributed by atoms with E-state index in [1.807, 2.05) is 0 Å². The maximum absolute atomic E-state index is 2.43. The van der Waals surface area contributed by atoms with Crippen molar-refractivity contribution in [1.29, 1.82) is 0 Å². The fourth-order valence-electron chi connectivity index (χ4n) is 3.87. The zero-order chi connectivity index (χ0) is 10.7. The van der Waals surface area contributed by atoms with Crippen molar-refractivity contribution >= 4 is 0 Å². The van der Waals surface area contributed by atoms with Crippen LogP contribution < -0.4 is 0 Å². The van der Waals surface area contributed by atoms with Crippen molar-refractivity contribution in [3.63, 3.8) is 0 Å². The maximum atomic E-state index is 2.43. The van der Waals surface area contributed by atoms with Crippen LogP contribution in [0.2, 0.25) is 0 Å². The van der Waals surface area contributed by atoms with Crippen molar-refractivity contribution in [2.75, 3.05) is 19.6 Å². The Hall–Kier alpha value is -0.0400. The summed E-state index contributed by atoms with van der Waals surface area (Å²) in [5.41, 5.74) is 0. The van der Waals surface area contributed by atoms with E-state index in [1.54, 1.807) is 0 Å². The van der Waals surface area contributed by atoms with Gasteiger partial charge in [0.05, 0.1) is 25.7 Å². The number of likely N-dealkylation sites (tertiary alicyclic amines) is 1. The molecule has 0 spiro atoms. The van der Waals surface area contributed by atoms with Crippen LogP contribution >= 0.6 is 0 Å². The Balaban J connectivity index is 1.98. The standard InChI is InChI=1S/C14H28N/c1-3-15(11-5-4-6-12-15)14-9-7-13(2)8-10-14/h13-14H,3-12H2,1-2H3/q+1. The fourth-order valence-corrected chi connectivity index (χ4v) is 3.87. The van der Waals surface area contributed by atoms with Gasteiger partial charge in [-0.3, -0.25) is 0 Å². The molecule has 1 heterocycles. The topological polar surface area (TPSA) is 0 Å². The van der Waals surface area contributed by atoms with Crippen LogP contribution in [-0.4, -0.2) is 30.2 Å². The average Bonchev–Trinajstić information content (AvgIpc) is 2.31. The number of piperidine rings is 1. The molecule has 2 aliphatic rings. The molecule has 1 aliphatic carbocycles. The van der Waals surface area contributed by atoms with Gasteiger partial charge in [0.15, 0.2) is 0 Å². The Morgan fingerprint density at radius 3 is 2.07 bits per heavy atom. The van der Waals surface area contributed by atoms with Gasteiger partial charge in [-0.05, 0) is 57.8 Å². The van der Waals surface area contributed by atoms with Gasteiger partial charge in [-0.1, -0.05) is 6.92 Å². The molecule has 1 aliphatic heterocycles. The Kier molecular flexibility index (Phi) is 3.71. The van der Waals surface area contributed by atoms with Gasteiger partial charge in [-0.2, -0.15) is 0 Å². The van der Waals surface area contributed by atoms with E-state index in [-0.39, 0.29) is 0 Å². The molecular formula is C14H28N+. The van der Waals surface area contributed by atoms with E-state index in [2.05, 4.69) is 13.8 Å². The highest BCUT2D eigenvalue weighted by atomic mass is 15.4. The first-order valence-electron chi connectivity index (χ1n) is 7.12. The van der Waals surface area contributed by atoms with Crippen molar-refractivity contribution in [3.05, 3.63) is 0 Å². The fraction of sp³-hybridized carbons (Fsp3) is 1.00. The summed E-state index contributed by atoms with van der Waals surface area (Å²) in [6.45, 7) is 9.20. The second-order valence-corrected chi connectivity index (χ2v) is 5.96. The van der Waals surface area contributed by atoms with Gasteiger partial charge in [0, 0.05) is 0 Å². The molecule has 2 fully saturated rings. The Morgan fingerprint density at radius 2 is 1.53 bits per heavy atom. The molecule has 0 unspecified atom stereocenters. The normalized spacial score (nSPS) is 36.4. The summed E-state index contributed by atoms with van der Waals surface area (Å²) in [6, 6.07) is 1.02. The third-order valence-corrected chi connectivity index (χ3v) is 5.10. The number of rotatable bonds is 2. The minimum absolute atomic E-state index is 1.00. The van der Waals surface area contributed by atoms with Crippen LogP contribution in [0.1, 0.15) is 58.8 Å². The van der Waals surface area contributed by atoms with Gasteiger partial charge in [-0.15, -0.1) is 0 Å². The van der Waals surface area contributed by atoms with Crippen molar-refractivity contribution in [3.8, 4) is 0 Å². The molecule has 0 radical (unpaired) electrons. The van der Waals surface area contributed by atoms with Crippen molar-refractivity contribution in [2.24, 2.45) is 5.92 Å². The van der Waals surface area contributed by atoms with E-state index in [4.69, 9.17) is 0 Å². The summed E-state index contributed by atoms with van der Waals surface area (Å²) in [5.74, 6) is 1.00. The minimum atomic E-state index is 1.00. The first-order valence-corrected chi connectivity index (χ1v) is 7.12. The van der Waals surface area contributed by atoms with Gasteiger partial charge >= 0.3 is 0 Å². The van der Waals surface area contributed by atoms with Crippen molar-refractivity contribution in [2.45, 2.75) is 64.8 Å². The van der Waals surface area contributed by atoms with Crippen LogP contribution in [0, 0.1) is 5.92 Å². The number of hydrogen-bond acceptors (Lipinski definition) is 0. The number of quaternary nitrogens is 1. The molecular weight excluding hydrogens is 182 g/mol. The summed E-state index contributed by atoms with van der Waals surface area (Å²) >= 11 is 0. The third kappa shape index (κ3) is 2.38. The summed E-state index contributed by atoms with van der Waals surface area (Å²) < 4.78 is 1.48. The average molecular weight is 210 g/mol. The lowest BCUT2D eigenvalue weighted by Crippen LogP contribution is -2.58. The molecule has 0 aromatic heterocycles. The van der Waals surface area contributed by atoms with Crippen molar-refractivity contribution in [1.82, 2.24) is 0 Å². The van der Waals surface area contributed by atoms with E-state index in [9.17, 15) is 0 Å². The molecule has 1 heteroatoms. The summed E-state index contributed by atoms with van der Waals surface area (Å²) in [5, 5.41) is 0. The Bertz CT molecular complexity index is 186. The Morgan fingerprint density at radius 1 is 0.933 bits per heavy atom. The first-order chi connectivity index (χ1) is 7.27. The van der Waals surface area contributed by atoms with Crippen LogP contribution in [0.3, 0.4) is 0 Å². The van der Waals surface area contributed by atoms with Crippen molar-refractivity contribution < 1.29 is 4.48 Å². The second-order valence-electron chi connectivity index (χ2n) is 5.96. The minimum Gasteiger partial charge on any atom is -0.321 e. The highest BCUT2D eigenvalue weighted by molar-refractivity contribution is 4.72. The monoisotopic (exact) mass is 210 g/mol. The summed E-state index contributed by atoms with van der Waals surface area (Å²) in [6.07, 6.45) is 10.5. The largest absolute Gasteiger partial charge is 0.321 e. The molecule has 2 rings (SSSR count). The number of hydrogen-bond donors (Lipinski definition) is 0. The highest BCUT2D eigenvalue weighted by Crippen LogP contribution is 2.34. The van der Waals surface area contributed by atoms with E-state index >= 15 is 0 Å². The quantitative estimate of drug-likeness (QED) is 0.611.